The minimum atomic E-state index is -0.298. The lowest BCUT2D eigenvalue weighted by molar-refractivity contribution is -0.143. The first-order chi connectivity index (χ1) is 15.9. The minimum Gasteiger partial charge on any atom is -0.372 e. The van der Waals surface area contributed by atoms with Crippen LogP contribution in [-0.4, -0.2) is 52.3 Å². The van der Waals surface area contributed by atoms with Crippen LogP contribution in [0.5, 0.6) is 0 Å². The first-order valence-electron chi connectivity index (χ1n) is 11.0. The number of thioether (sulfide) groups is 1. The highest BCUT2D eigenvalue weighted by molar-refractivity contribution is 8.00. The molecule has 174 valence electrons. The fraction of sp³-hybridized carbons (Fsp3) is 0.360. The van der Waals surface area contributed by atoms with Gasteiger partial charge in [0.15, 0.2) is 0 Å². The van der Waals surface area contributed by atoms with Gasteiger partial charge in [0, 0.05) is 41.6 Å². The maximum atomic E-state index is 13.0. The van der Waals surface area contributed by atoms with Gasteiger partial charge in [-0.25, -0.2) is 4.39 Å². The lowest BCUT2D eigenvalue weighted by atomic mass is 10.2. The van der Waals surface area contributed by atoms with Crippen molar-refractivity contribution >= 4 is 34.5 Å². The lowest BCUT2D eigenvalue weighted by Crippen LogP contribution is -2.49. The largest absolute Gasteiger partial charge is 0.372 e. The van der Waals surface area contributed by atoms with Crippen molar-refractivity contribution in [3.8, 4) is 0 Å². The molecule has 2 aromatic carbocycles. The van der Waals surface area contributed by atoms with E-state index in [1.807, 2.05) is 53.8 Å². The summed E-state index contributed by atoms with van der Waals surface area (Å²) in [5, 5.41) is 3.88. The van der Waals surface area contributed by atoms with Gasteiger partial charge in [-0.15, -0.1) is 11.8 Å². The Balaban J connectivity index is 1.39. The summed E-state index contributed by atoms with van der Waals surface area (Å²) in [5.74, 6) is -0.0882. The van der Waals surface area contributed by atoms with E-state index in [1.54, 1.807) is 12.1 Å². The first-order valence-corrected chi connectivity index (χ1v) is 12.0. The number of hydrogen-bond donors (Lipinski definition) is 1. The van der Waals surface area contributed by atoms with E-state index in [0.29, 0.717) is 19.6 Å². The van der Waals surface area contributed by atoms with Crippen LogP contribution in [0.1, 0.15) is 19.4 Å². The average Bonchev–Trinajstić information content (AvgIpc) is 3.14. The molecule has 33 heavy (non-hydrogen) atoms. The standard InChI is InChI=1S/C25H28FN3O3S/c1-17-12-29(13-18(2)32-17)25(31)15-28-14-23(21-5-3-4-6-22(21)28)33-16-24(30)27-11-19-7-9-20(26)10-8-19/h3-10,14,17-18H,11-13,15-16H2,1-2H3,(H,27,30)/t17-,18-/m0/s1. The second-order valence-electron chi connectivity index (χ2n) is 8.39. The van der Waals surface area contributed by atoms with Crippen LogP contribution in [0.25, 0.3) is 10.9 Å². The van der Waals surface area contributed by atoms with Gasteiger partial charge in [0.05, 0.1) is 18.0 Å². The summed E-state index contributed by atoms with van der Waals surface area (Å²) < 4.78 is 20.7. The highest BCUT2D eigenvalue weighted by Gasteiger charge is 2.26. The van der Waals surface area contributed by atoms with Gasteiger partial charge in [-0.05, 0) is 37.6 Å². The number of para-hydroxylation sites is 1. The molecule has 2 heterocycles. The highest BCUT2D eigenvalue weighted by Crippen LogP contribution is 2.30. The third-order valence-electron chi connectivity index (χ3n) is 5.59. The monoisotopic (exact) mass is 469 g/mol. The number of hydrogen-bond acceptors (Lipinski definition) is 4. The molecule has 0 unspecified atom stereocenters. The van der Waals surface area contributed by atoms with Crippen molar-refractivity contribution in [2.45, 2.75) is 44.0 Å². The quantitative estimate of drug-likeness (QED) is 0.535. The van der Waals surface area contributed by atoms with Gasteiger partial charge in [-0.3, -0.25) is 9.59 Å². The van der Waals surface area contributed by atoms with E-state index in [9.17, 15) is 14.0 Å². The van der Waals surface area contributed by atoms with Crippen molar-refractivity contribution in [3.63, 3.8) is 0 Å². The Labute approximate surface area is 197 Å². The van der Waals surface area contributed by atoms with Crippen molar-refractivity contribution in [2.24, 2.45) is 0 Å². The second kappa shape index (κ2) is 10.4. The Morgan fingerprint density at radius 2 is 1.79 bits per heavy atom. The van der Waals surface area contributed by atoms with E-state index in [4.69, 9.17) is 4.74 Å². The molecular weight excluding hydrogens is 441 g/mol. The van der Waals surface area contributed by atoms with Gasteiger partial charge in [-0.2, -0.15) is 0 Å². The molecule has 3 aromatic rings. The zero-order chi connectivity index (χ0) is 23.4. The molecule has 2 atom stereocenters. The summed E-state index contributed by atoms with van der Waals surface area (Å²) in [7, 11) is 0. The molecule has 0 bridgehead atoms. The van der Waals surface area contributed by atoms with Crippen LogP contribution in [0.15, 0.2) is 59.6 Å². The fourth-order valence-electron chi connectivity index (χ4n) is 4.08. The predicted octanol–water partition coefficient (Wildman–Crippen LogP) is 3.82. The van der Waals surface area contributed by atoms with Gasteiger partial charge in [0.2, 0.25) is 11.8 Å². The summed E-state index contributed by atoms with van der Waals surface area (Å²) >= 11 is 1.44. The number of benzene rings is 2. The highest BCUT2D eigenvalue weighted by atomic mass is 32.2. The maximum Gasteiger partial charge on any atom is 0.242 e. The Morgan fingerprint density at radius 3 is 2.52 bits per heavy atom. The van der Waals surface area contributed by atoms with Crippen LogP contribution in [-0.2, 0) is 27.4 Å². The smallest absolute Gasteiger partial charge is 0.242 e. The van der Waals surface area contributed by atoms with Crippen molar-refractivity contribution in [2.75, 3.05) is 18.8 Å². The summed E-state index contributed by atoms with van der Waals surface area (Å²) in [6.45, 7) is 5.76. The summed E-state index contributed by atoms with van der Waals surface area (Å²) in [4.78, 5) is 28.2. The number of morpholine rings is 1. The van der Waals surface area contributed by atoms with Crippen molar-refractivity contribution in [3.05, 3.63) is 66.1 Å². The summed E-state index contributed by atoms with van der Waals surface area (Å²) in [6.07, 6.45) is 2.01. The maximum absolute atomic E-state index is 13.0. The third kappa shape index (κ3) is 5.94. The number of amides is 2. The molecule has 0 saturated carbocycles. The molecule has 6 nitrogen and oxygen atoms in total. The molecule has 1 aliphatic rings. The first kappa shape index (κ1) is 23.3. The zero-order valence-electron chi connectivity index (χ0n) is 18.8. The Morgan fingerprint density at radius 1 is 1.09 bits per heavy atom. The van der Waals surface area contributed by atoms with Crippen LogP contribution >= 0.6 is 11.8 Å². The number of ether oxygens (including phenoxy) is 1. The van der Waals surface area contributed by atoms with Crippen molar-refractivity contribution < 1.29 is 18.7 Å². The number of aromatic nitrogens is 1. The fourth-order valence-corrected chi connectivity index (χ4v) is 5.00. The molecule has 8 heteroatoms. The molecule has 1 fully saturated rings. The Bertz CT molecular complexity index is 1120. The van der Waals surface area contributed by atoms with Gasteiger partial charge in [0.25, 0.3) is 0 Å². The molecule has 1 saturated heterocycles. The molecular formula is C25H28FN3O3S. The average molecular weight is 470 g/mol. The van der Waals surface area contributed by atoms with E-state index in [0.717, 1.165) is 21.4 Å². The van der Waals surface area contributed by atoms with Crippen LogP contribution in [0, 0.1) is 5.82 Å². The van der Waals surface area contributed by atoms with E-state index >= 15 is 0 Å². The Hall–Kier alpha value is -2.84. The molecule has 1 aromatic heterocycles. The number of fused-ring (bicyclic) bond motifs is 1. The van der Waals surface area contributed by atoms with E-state index in [-0.39, 0.29) is 42.1 Å². The van der Waals surface area contributed by atoms with Gasteiger partial charge >= 0.3 is 0 Å². The van der Waals surface area contributed by atoms with Crippen LogP contribution in [0.2, 0.25) is 0 Å². The van der Waals surface area contributed by atoms with Crippen molar-refractivity contribution in [1.29, 1.82) is 0 Å². The number of halogens is 1. The number of carbonyl (C=O) groups excluding carboxylic acids is 2. The van der Waals surface area contributed by atoms with E-state index < -0.39 is 0 Å². The van der Waals surface area contributed by atoms with Crippen LogP contribution in [0.3, 0.4) is 0 Å². The molecule has 0 aliphatic carbocycles. The summed E-state index contributed by atoms with van der Waals surface area (Å²) in [6, 6.07) is 14.0. The number of nitrogens with zero attached hydrogens (tertiary/aromatic N) is 2. The molecule has 0 radical (unpaired) electrons. The summed E-state index contributed by atoms with van der Waals surface area (Å²) in [5.41, 5.74) is 1.81. The molecule has 1 aliphatic heterocycles. The number of carbonyl (C=O) groups is 2. The predicted molar refractivity (Wildman–Crippen MR) is 127 cm³/mol. The van der Waals surface area contributed by atoms with E-state index in [1.165, 1.54) is 23.9 Å². The third-order valence-corrected chi connectivity index (χ3v) is 6.63. The van der Waals surface area contributed by atoms with Gasteiger partial charge < -0.3 is 19.5 Å². The molecule has 1 N–H and O–H groups in total. The van der Waals surface area contributed by atoms with E-state index in [2.05, 4.69) is 5.32 Å². The van der Waals surface area contributed by atoms with Gasteiger partial charge in [0.1, 0.15) is 12.4 Å². The van der Waals surface area contributed by atoms with Crippen LogP contribution < -0.4 is 5.32 Å². The lowest BCUT2D eigenvalue weighted by Gasteiger charge is -2.35. The normalized spacial score (nSPS) is 18.5. The minimum absolute atomic E-state index is 0.0265. The topological polar surface area (TPSA) is 63.6 Å². The molecule has 0 spiro atoms. The molecule has 4 rings (SSSR count). The number of rotatable bonds is 7. The van der Waals surface area contributed by atoms with Crippen molar-refractivity contribution in [1.82, 2.24) is 14.8 Å². The van der Waals surface area contributed by atoms with Crippen LogP contribution in [0.4, 0.5) is 4.39 Å². The number of nitrogens with one attached hydrogen (secondary N) is 1. The Kier molecular flexibility index (Phi) is 7.35. The second-order valence-corrected chi connectivity index (χ2v) is 9.40. The zero-order valence-corrected chi connectivity index (χ0v) is 19.6. The SMILES string of the molecule is C[C@H]1CN(C(=O)Cn2cc(SCC(=O)NCc3ccc(F)cc3)c3ccccc32)C[C@H](C)O1. The molecule has 2 amide bonds. The van der Waals surface area contributed by atoms with Gasteiger partial charge in [-0.1, -0.05) is 30.3 Å².